The molecule has 3 heteroatoms. The van der Waals surface area contributed by atoms with E-state index < -0.39 is 0 Å². The fourth-order valence-electron chi connectivity index (χ4n) is 2.73. The zero-order valence-electron chi connectivity index (χ0n) is 12.4. The van der Waals surface area contributed by atoms with E-state index in [4.69, 9.17) is 0 Å². The van der Waals surface area contributed by atoms with Gasteiger partial charge in [0, 0.05) is 19.5 Å². The maximum absolute atomic E-state index is 12.3. The van der Waals surface area contributed by atoms with Crippen molar-refractivity contribution in [3.63, 3.8) is 0 Å². The Morgan fingerprint density at radius 2 is 1.83 bits per heavy atom. The Morgan fingerprint density at radius 1 is 1.22 bits per heavy atom. The van der Waals surface area contributed by atoms with Crippen molar-refractivity contribution >= 4 is 5.91 Å². The number of hydrogen-bond acceptors (Lipinski definition) is 2. The van der Waals surface area contributed by atoms with Gasteiger partial charge in [-0.05, 0) is 44.7 Å². The number of nitrogens with zero attached hydrogens (tertiary/aromatic N) is 1. The van der Waals surface area contributed by atoms with Crippen molar-refractivity contribution in [3.05, 3.63) is 0 Å². The highest BCUT2D eigenvalue weighted by Crippen LogP contribution is 2.18. The molecule has 1 N–H and O–H groups in total. The fraction of sp³-hybridized carbons (Fsp3) is 0.933. The molecule has 1 heterocycles. The third kappa shape index (κ3) is 4.97. The Labute approximate surface area is 112 Å². The fourth-order valence-corrected chi connectivity index (χ4v) is 2.73. The second-order valence-corrected chi connectivity index (χ2v) is 5.51. The normalized spacial score (nSPS) is 17.1. The summed E-state index contributed by atoms with van der Waals surface area (Å²) in [6.45, 7) is 10.5. The van der Waals surface area contributed by atoms with Crippen molar-refractivity contribution in [2.45, 2.75) is 52.9 Å². The second-order valence-electron chi connectivity index (χ2n) is 5.51. The van der Waals surface area contributed by atoms with Gasteiger partial charge in [-0.15, -0.1) is 0 Å². The molecule has 1 amide bonds. The van der Waals surface area contributed by atoms with Gasteiger partial charge in [-0.2, -0.15) is 0 Å². The lowest BCUT2D eigenvalue weighted by Gasteiger charge is -2.28. The highest BCUT2D eigenvalue weighted by atomic mass is 16.2. The van der Waals surface area contributed by atoms with Gasteiger partial charge in [-0.25, -0.2) is 0 Å². The molecule has 1 fully saturated rings. The standard InChI is InChI=1S/C15H30N2O/c1-4-13(5-2)12-17(6-3)15(18)11-14-7-9-16-10-8-14/h13-14,16H,4-12H2,1-3H3. The Kier molecular flexibility index (Phi) is 7.33. The van der Waals surface area contributed by atoms with E-state index in [1.54, 1.807) is 0 Å². The number of carbonyl (C=O) groups is 1. The van der Waals surface area contributed by atoms with Crippen molar-refractivity contribution in [3.8, 4) is 0 Å². The van der Waals surface area contributed by atoms with Crippen molar-refractivity contribution in [2.24, 2.45) is 11.8 Å². The van der Waals surface area contributed by atoms with Crippen molar-refractivity contribution in [1.29, 1.82) is 0 Å². The molecule has 0 aromatic heterocycles. The molecule has 0 saturated carbocycles. The van der Waals surface area contributed by atoms with Crippen LogP contribution in [0, 0.1) is 11.8 Å². The number of amides is 1. The molecule has 1 aliphatic heterocycles. The van der Waals surface area contributed by atoms with E-state index in [0.717, 1.165) is 45.4 Å². The topological polar surface area (TPSA) is 32.3 Å². The van der Waals surface area contributed by atoms with Crippen LogP contribution in [0.5, 0.6) is 0 Å². The van der Waals surface area contributed by atoms with E-state index in [2.05, 4.69) is 31.0 Å². The van der Waals surface area contributed by atoms with Gasteiger partial charge in [0.2, 0.25) is 5.91 Å². The van der Waals surface area contributed by atoms with Crippen LogP contribution in [0.15, 0.2) is 0 Å². The molecule has 0 aliphatic carbocycles. The van der Waals surface area contributed by atoms with E-state index in [0.29, 0.717) is 17.7 Å². The molecule has 1 saturated heterocycles. The molecule has 0 aromatic rings. The summed E-state index contributed by atoms with van der Waals surface area (Å²) in [4.78, 5) is 14.4. The van der Waals surface area contributed by atoms with Crippen LogP contribution in [-0.4, -0.2) is 37.0 Å². The maximum atomic E-state index is 12.3. The van der Waals surface area contributed by atoms with Crippen LogP contribution in [0.3, 0.4) is 0 Å². The van der Waals surface area contributed by atoms with Crippen LogP contribution in [0.4, 0.5) is 0 Å². The highest BCUT2D eigenvalue weighted by molar-refractivity contribution is 5.76. The maximum Gasteiger partial charge on any atom is 0.222 e. The molecule has 1 aliphatic rings. The van der Waals surface area contributed by atoms with Gasteiger partial charge in [-0.1, -0.05) is 26.7 Å². The predicted molar refractivity (Wildman–Crippen MR) is 76.5 cm³/mol. The van der Waals surface area contributed by atoms with Crippen molar-refractivity contribution < 1.29 is 4.79 Å². The Balaban J connectivity index is 2.40. The Morgan fingerprint density at radius 3 is 2.33 bits per heavy atom. The van der Waals surface area contributed by atoms with Crippen LogP contribution in [0.1, 0.15) is 52.9 Å². The van der Waals surface area contributed by atoms with Gasteiger partial charge in [-0.3, -0.25) is 4.79 Å². The largest absolute Gasteiger partial charge is 0.343 e. The van der Waals surface area contributed by atoms with E-state index >= 15 is 0 Å². The van der Waals surface area contributed by atoms with Crippen LogP contribution >= 0.6 is 0 Å². The first-order chi connectivity index (χ1) is 8.71. The summed E-state index contributed by atoms with van der Waals surface area (Å²) in [6.07, 6.45) is 5.43. The van der Waals surface area contributed by atoms with Gasteiger partial charge in [0.1, 0.15) is 0 Å². The van der Waals surface area contributed by atoms with Gasteiger partial charge in [0.25, 0.3) is 0 Å². The summed E-state index contributed by atoms with van der Waals surface area (Å²) in [5.74, 6) is 1.65. The SMILES string of the molecule is CCC(CC)CN(CC)C(=O)CC1CCNCC1. The van der Waals surface area contributed by atoms with E-state index in [1.807, 2.05) is 0 Å². The summed E-state index contributed by atoms with van der Waals surface area (Å²) >= 11 is 0. The first-order valence-corrected chi connectivity index (χ1v) is 7.69. The zero-order chi connectivity index (χ0) is 13.4. The van der Waals surface area contributed by atoms with Crippen molar-refractivity contribution in [2.75, 3.05) is 26.2 Å². The molecule has 0 aromatic carbocycles. The third-order valence-electron chi connectivity index (χ3n) is 4.29. The second kappa shape index (κ2) is 8.52. The van der Waals surface area contributed by atoms with Crippen molar-refractivity contribution in [1.82, 2.24) is 10.2 Å². The number of carbonyl (C=O) groups excluding carboxylic acids is 1. The van der Waals surface area contributed by atoms with Crippen LogP contribution < -0.4 is 5.32 Å². The average Bonchev–Trinajstić information content (AvgIpc) is 2.41. The quantitative estimate of drug-likeness (QED) is 0.757. The number of rotatable bonds is 7. The first kappa shape index (κ1) is 15.5. The summed E-state index contributed by atoms with van der Waals surface area (Å²) in [7, 11) is 0. The average molecular weight is 254 g/mol. The molecule has 0 spiro atoms. The lowest BCUT2D eigenvalue weighted by molar-refractivity contribution is -0.132. The van der Waals surface area contributed by atoms with Crippen LogP contribution in [-0.2, 0) is 4.79 Å². The number of hydrogen-bond donors (Lipinski definition) is 1. The molecular formula is C15H30N2O. The Hall–Kier alpha value is -0.570. The first-order valence-electron chi connectivity index (χ1n) is 7.69. The van der Waals surface area contributed by atoms with Crippen LogP contribution in [0.25, 0.3) is 0 Å². The smallest absolute Gasteiger partial charge is 0.222 e. The molecule has 106 valence electrons. The number of piperidine rings is 1. The summed E-state index contributed by atoms with van der Waals surface area (Å²) in [6, 6.07) is 0. The minimum absolute atomic E-state index is 0.372. The van der Waals surface area contributed by atoms with E-state index in [-0.39, 0.29) is 0 Å². The van der Waals surface area contributed by atoms with Gasteiger partial charge < -0.3 is 10.2 Å². The minimum atomic E-state index is 0.372. The third-order valence-corrected chi connectivity index (χ3v) is 4.29. The molecule has 1 rings (SSSR count). The molecule has 0 bridgehead atoms. The molecule has 0 atom stereocenters. The number of nitrogens with one attached hydrogen (secondary N) is 1. The van der Waals surface area contributed by atoms with Gasteiger partial charge >= 0.3 is 0 Å². The Bertz CT molecular complexity index is 233. The minimum Gasteiger partial charge on any atom is -0.343 e. The lowest BCUT2D eigenvalue weighted by atomic mass is 9.93. The predicted octanol–water partition coefficient (Wildman–Crippen LogP) is 2.66. The zero-order valence-corrected chi connectivity index (χ0v) is 12.4. The summed E-state index contributed by atoms with van der Waals surface area (Å²) in [5.41, 5.74) is 0. The molecule has 0 unspecified atom stereocenters. The molecular weight excluding hydrogens is 224 g/mol. The lowest BCUT2D eigenvalue weighted by Crippen LogP contribution is -2.37. The summed E-state index contributed by atoms with van der Waals surface area (Å²) < 4.78 is 0. The molecule has 18 heavy (non-hydrogen) atoms. The summed E-state index contributed by atoms with van der Waals surface area (Å²) in [5, 5.41) is 3.36. The van der Waals surface area contributed by atoms with Gasteiger partial charge in [0.05, 0.1) is 0 Å². The molecule has 0 radical (unpaired) electrons. The van der Waals surface area contributed by atoms with Gasteiger partial charge in [0.15, 0.2) is 0 Å². The van der Waals surface area contributed by atoms with E-state index in [9.17, 15) is 4.79 Å². The monoisotopic (exact) mass is 254 g/mol. The highest BCUT2D eigenvalue weighted by Gasteiger charge is 2.21. The van der Waals surface area contributed by atoms with Crippen LogP contribution in [0.2, 0.25) is 0 Å². The van der Waals surface area contributed by atoms with E-state index in [1.165, 1.54) is 12.8 Å². The molecule has 3 nitrogen and oxygen atoms in total.